The fourth-order valence-corrected chi connectivity index (χ4v) is 2.70. The second-order valence-corrected chi connectivity index (χ2v) is 6.88. The van der Waals surface area contributed by atoms with Crippen molar-refractivity contribution in [3.63, 3.8) is 0 Å². The molecule has 2 aromatic rings. The van der Waals surface area contributed by atoms with Gasteiger partial charge in [0.2, 0.25) is 11.8 Å². The molecule has 0 fully saturated rings. The van der Waals surface area contributed by atoms with Crippen LogP contribution in [-0.4, -0.2) is 22.8 Å². The number of rotatable bonds is 6. The first-order chi connectivity index (χ1) is 12.0. The highest BCUT2D eigenvalue weighted by Gasteiger charge is 2.15. The van der Waals surface area contributed by atoms with Gasteiger partial charge in [-0.2, -0.15) is 5.26 Å². The lowest BCUT2D eigenvalue weighted by atomic mass is 10.2. The summed E-state index contributed by atoms with van der Waals surface area (Å²) in [5, 5.41) is 14.0. The molecule has 2 rings (SSSR count). The molecule has 0 saturated heterocycles. The molecule has 0 heterocycles. The van der Waals surface area contributed by atoms with Crippen LogP contribution < -0.4 is 10.6 Å². The van der Waals surface area contributed by atoms with E-state index < -0.39 is 5.25 Å². The minimum Gasteiger partial charge on any atom is -0.325 e. The predicted molar refractivity (Wildman–Crippen MR) is 102 cm³/mol. The van der Waals surface area contributed by atoms with Gasteiger partial charge in [0.15, 0.2) is 0 Å². The lowest BCUT2D eigenvalue weighted by Crippen LogP contribution is -2.25. The van der Waals surface area contributed by atoms with Crippen LogP contribution in [0.3, 0.4) is 0 Å². The Balaban J connectivity index is 1.81. The highest BCUT2D eigenvalue weighted by molar-refractivity contribution is 8.01. The summed E-state index contributed by atoms with van der Waals surface area (Å²) < 4.78 is 0. The standard InChI is InChI=1S/C19H19N3O2S/c1-13-6-8-16(9-7-13)21-18(23)12-25-14(2)19(24)22-17-5-3-4-15(10-17)11-20/h3-10,14H,12H2,1-2H3,(H,21,23)(H,22,24). The number of hydrogen-bond acceptors (Lipinski definition) is 4. The normalized spacial score (nSPS) is 11.2. The molecule has 0 radical (unpaired) electrons. The summed E-state index contributed by atoms with van der Waals surface area (Å²) in [5.41, 5.74) is 2.91. The number of thioether (sulfide) groups is 1. The van der Waals surface area contributed by atoms with Crippen LogP contribution in [0.5, 0.6) is 0 Å². The van der Waals surface area contributed by atoms with Gasteiger partial charge in [-0.3, -0.25) is 9.59 Å². The van der Waals surface area contributed by atoms with E-state index >= 15 is 0 Å². The van der Waals surface area contributed by atoms with Gasteiger partial charge in [0.25, 0.3) is 0 Å². The number of benzene rings is 2. The number of carbonyl (C=O) groups is 2. The van der Waals surface area contributed by atoms with Crippen LogP contribution in [0.1, 0.15) is 18.1 Å². The first-order valence-electron chi connectivity index (χ1n) is 7.77. The molecule has 2 N–H and O–H groups in total. The Morgan fingerprint density at radius 3 is 2.52 bits per heavy atom. The van der Waals surface area contributed by atoms with Gasteiger partial charge in [-0.05, 0) is 44.2 Å². The maximum atomic E-state index is 12.2. The molecule has 6 heteroatoms. The van der Waals surface area contributed by atoms with Crippen molar-refractivity contribution in [2.45, 2.75) is 19.1 Å². The quantitative estimate of drug-likeness (QED) is 0.832. The molecular weight excluding hydrogens is 334 g/mol. The fourth-order valence-electron chi connectivity index (χ4n) is 2.02. The van der Waals surface area contributed by atoms with E-state index in [0.29, 0.717) is 11.3 Å². The lowest BCUT2D eigenvalue weighted by Gasteiger charge is -2.12. The first kappa shape index (κ1) is 18.6. The topological polar surface area (TPSA) is 82.0 Å². The summed E-state index contributed by atoms with van der Waals surface area (Å²) in [7, 11) is 0. The van der Waals surface area contributed by atoms with Gasteiger partial charge in [-0.25, -0.2) is 0 Å². The summed E-state index contributed by atoms with van der Waals surface area (Å²) in [6.45, 7) is 3.72. The van der Waals surface area contributed by atoms with E-state index in [4.69, 9.17) is 5.26 Å². The number of amides is 2. The van der Waals surface area contributed by atoms with Crippen molar-refractivity contribution in [1.82, 2.24) is 0 Å². The summed E-state index contributed by atoms with van der Waals surface area (Å²) in [5.74, 6) is -0.177. The molecule has 128 valence electrons. The molecule has 0 saturated carbocycles. The molecule has 0 aromatic heterocycles. The van der Waals surface area contributed by atoms with Gasteiger partial charge in [-0.1, -0.05) is 23.8 Å². The lowest BCUT2D eigenvalue weighted by molar-refractivity contribution is -0.115. The maximum absolute atomic E-state index is 12.2. The Labute approximate surface area is 151 Å². The molecule has 2 aromatic carbocycles. The molecule has 5 nitrogen and oxygen atoms in total. The molecule has 0 aliphatic heterocycles. The number of nitriles is 1. The van der Waals surface area contributed by atoms with Crippen LogP contribution in [0.25, 0.3) is 0 Å². The molecule has 1 atom stereocenters. The summed E-state index contributed by atoms with van der Waals surface area (Å²) in [4.78, 5) is 24.1. The third kappa shape index (κ3) is 5.98. The highest BCUT2D eigenvalue weighted by Crippen LogP contribution is 2.16. The van der Waals surface area contributed by atoms with E-state index in [1.165, 1.54) is 11.8 Å². The third-order valence-electron chi connectivity index (χ3n) is 3.43. The Kier molecular flexibility index (Phi) is 6.61. The van der Waals surface area contributed by atoms with E-state index in [1.807, 2.05) is 37.3 Å². The van der Waals surface area contributed by atoms with Gasteiger partial charge in [-0.15, -0.1) is 11.8 Å². The minimum absolute atomic E-state index is 0.153. The molecule has 1 unspecified atom stereocenters. The van der Waals surface area contributed by atoms with E-state index in [-0.39, 0.29) is 17.6 Å². The van der Waals surface area contributed by atoms with Gasteiger partial charge in [0.05, 0.1) is 22.6 Å². The van der Waals surface area contributed by atoms with E-state index in [2.05, 4.69) is 10.6 Å². The molecular formula is C19H19N3O2S. The second-order valence-electron chi connectivity index (χ2n) is 5.55. The molecule has 0 aliphatic rings. The zero-order valence-electron chi connectivity index (χ0n) is 14.1. The second kappa shape index (κ2) is 8.90. The molecule has 25 heavy (non-hydrogen) atoms. The average molecular weight is 353 g/mol. The van der Waals surface area contributed by atoms with Crippen molar-refractivity contribution in [2.24, 2.45) is 0 Å². The molecule has 0 aliphatic carbocycles. The SMILES string of the molecule is Cc1ccc(NC(=O)CSC(C)C(=O)Nc2cccc(C#N)c2)cc1. The molecule has 0 bridgehead atoms. The third-order valence-corrected chi connectivity index (χ3v) is 4.57. The average Bonchev–Trinajstić information content (AvgIpc) is 2.61. The Morgan fingerprint density at radius 1 is 1.12 bits per heavy atom. The number of anilines is 2. The monoisotopic (exact) mass is 353 g/mol. The summed E-state index contributed by atoms with van der Waals surface area (Å²) in [6, 6.07) is 16.3. The number of nitrogens with zero attached hydrogens (tertiary/aromatic N) is 1. The van der Waals surface area contributed by atoms with Crippen LogP contribution in [0.2, 0.25) is 0 Å². The largest absolute Gasteiger partial charge is 0.325 e. The zero-order chi connectivity index (χ0) is 18.2. The Morgan fingerprint density at radius 2 is 1.84 bits per heavy atom. The van der Waals surface area contributed by atoms with E-state index in [0.717, 1.165) is 11.3 Å². The van der Waals surface area contributed by atoms with Crippen molar-refractivity contribution in [3.8, 4) is 6.07 Å². The minimum atomic E-state index is -0.394. The number of nitrogens with one attached hydrogen (secondary N) is 2. The number of aryl methyl sites for hydroxylation is 1. The van der Waals surface area contributed by atoms with Gasteiger partial charge >= 0.3 is 0 Å². The van der Waals surface area contributed by atoms with Crippen LogP contribution >= 0.6 is 11.8 Å². The zero-order valence-corrected chi connectivity index (χ0v) is 14.9. The fraction of sp³-hybridized carbons (Fsp3) is 0.211. The van der Waals surface area contributed by atoms with Crippen molar-refractivity contribution >= 4 is 35.0 Å². The van der Waals surface area contributed by atoms with E-state index in [1.54, 1.807) is 31.2 Å². The molecule has 0 spiro atoms. The smallest absolute Gasteiger partial charge is 0.237 e. The van der Waals surface area contributed by atoms with E-state index in [9.17, 15) is 9.59 Å². The number of carbonyl (C=O) groups excluding carboxylic acids is 2. The summed E-state index contributed by atoms with van der Waals surface area (Å²) >= 11 is 1.26. The highest BCUT2D eigenvalue weighted by atomic mass is 32.2. The Hall–Kier alpha value is -2.78. The molecule has 2 amide bonds. The summed E-state index contributed by atoms with van der Waals surface area (Å²) in [6.07, 6.45) is 0. The predicted octanol–water partition coefficient (Wildman–Crippen LogP) is 3.57. The van der Waals surface area contributed by atoms with Crippen LogP contribution in [0.15, 0.2) is 48.5 Å². The first-order valence-corrected chi connectivity index (χ1v) is 8.82. The van der Waals surface area contributed by atoms with Crippen molar-refractivity contribution in [1.29, 1.82) is 5.26 Å². The number of hydrogen-bond donors (Lipinski definition) is 2. The van der Waals surface area contributed by atoms with Crippen molar-refractivity contribution in [3.05, 3.63) is 59.7 Å². The van der Waals surface area contributed by atoms with Crippen molar-refractivity contribution in [2.75, 3.05) is 16.4 Å². The van der Waals surface area contributed by atoms with Crippen LogP contribution in [0.4, 0.5) is 11.4 Å². The van der Waals surface area contributed by atoms with Gasteiger partial charge in [0.1, 0.15) is 0 Å². The van der Waals surface area contributed by atoms with Crippen molar-refractivity contribution < 1.29 is 9.59 Å². The van der Waals surface area contributed by atoms with Gasteiger partial charge < -0.3 is 10.6 Å². The van der Waals surface area contributed by atoms with Gasteiger partial charge in [0, 0.05) is 11.4 Å². The Bertz CT molecular complexity index is 797. The van der Waals surface area contributed by atoms with Crippen LogP contribution in [-0.2, 0) is 9.59 Å². The maximum Gasteiger partial charge on any atom is 0.237 e. The van der Waals surface area contributed by atoms with Crippen LogP contribution in [0, 0.1) is 18.3 Å².